The Morgan fingerprint density at radius 1 is 1.33 bits per heavy atom. The topological polar surface area (TPSA) is 41.1 Å². The van der Waals surface area contributed by atoms with Crippen LogP contribution in [0.1, 0.15) is 32.1 Å². The van der Waals surface area contributed by atoms with Crippen molar-refractivity contribution in [2.45, 2.75) is 38.1 Å². The molecular weight excluding hydrogens is 268 g/mol. The standard InChI is InChI=1S/C13H22N2OS.ClH/c16-13(12-7-17-8-15-12)14-4-3-11-6-9-1-2-10(11)5-9;/h9-12,15H,1-8H2,(H,14,16);1H. The molecule has 104 valence electrons. The lowest BCUT2D eigenvalue weighted by atomic mass is 9.86. The first kappa shape index (κ1) is 14.5. The SMILES string of the molecule is Cl.O=C(NCCC1CC2CCC1C2)C1CSCN1. The molecule has 3 nitrogen and oxygen atoms in total. The zero-order valence-electron chi connectivity index (χ0n) is 10.7. The van der Waals surface area contributed by atoms with Crippen molar-refractivity contribution >= 4 is 30.1 Å². The molecule has 5 heteroatoms. The predicted molar refractivity (Wildman–Crippen MR) is 78.1 cm³/mol. The first-order valence-corrected chi connectivity index (χ1v) is 8.07. The number of amides is 1. The van der Waals surface area contributed by atoms with Crippen molar-refractivity contribution < 1.29 is 4.79 Å². The molecule has 2 N–H and O–H groups in total. The number of carbonyl (C=O) groups is 1. The van der Waals surface area contributed by atoms with Gasteiger partial charge in [-0.25, -0.2) is 0 Å². The van der Waals surface area contributed by atoms with E-state index in [4.69, 9.17) is 0 Å². The summed E-state index contributed by atoms with van der Waals surface area (Å²) in [5, 5.41) is 6.31. The maximum Gasteiger partial charge on any atom is 0.238 e. The van der Waals surface area contributed by atoms with Crippen LogP contribution in [0.25, 0.3) is 0 Å². The van der Waals surface area contributed by atoms with Crippen molar-refractivity contribution in [1.82, 2.24) is 10.6 Å². The van der Waals surface area contributed by atoms with Crippen LogP contribution in [-0.4, -0.2) is 30.1 Å². The summed E-state index contributed by atoms with van der Waals surface area (Å²) in [6.07, 6.45) is 7.02. The quantitative estimate of drug-likeness (QED) is 0.832. The summed E-state index contributed by atoms with van der Waals surface area (Å²) in [5.41, 5.74) is 0. The van der Waals surface area contributed by atoms with Gasteiger partial charge >= 0.3 is 0 Å². The summed E-state index contributed by atoms with van der Waals surface area (Å²) in [7, 11) is 0. The summed E-state index contributed by atoms with van der Waals surface area (Å²) in [4.78, 5) is 11.8. The second-order valence-corrected chi connectivity index (χ2v) is 6.82. The maximum absolute atomic E-state index is 11.8. The second-order valence-electron chi connectivity index (χ2n) is 5.79. The molecule has 1 aliphatic heterocycles. The Morgan fingerprint density at radius 3 is 2.83 bits per heavy atom. The Bertz CT molecular complexity index is 297. The predicted octanol–water partition coefficient (Wildman–Crippen LogP) is 2.01. The van der Waals surface area contributed by atoms with Crippen molar-refractivity contribution in [3.63, 3.8) is 0 Å². The highest BCUT2D eigenvalue weighted by Crippen LogP contribution is 2.49. The van der Waals surface area contributed by atoms with Crippen molar-refractivity contribution in [2.75, 3.05) is 18.2 Å². The number of nitrogens with one attached hydrogen (secondary N) is 2. The van der Waals surface area contributed by atoms with Crippen LogP contribution in [0.15, 0.2) is 0 Å². The number of carbonyl (C=O) groups excluding carboxylic acids is 1. The molecule has 1 heterocycles. The molecule has 0 spiro atoms. The minimum atomic E-state index is 0. The third-order valence-corrected chi connectivity index (χ3v) is 5.67. The highest BCUT2D eigenvalue weighted by molar-refractivity contribution is 7.99. The number of hydrogen-bond acceptors (Lipinski definition) is 3. The molecule has 3 rings (SSSR count). The van der Waals surface area contributed by atoms with Crippen LogP contribution in [0.4, 0.5) is 0 Å². The highest BCUT2D eigenvalue weighted by Gasteiger charge is 2.38. The van der Waals surface area contributed by atoms with E-state index in [1.807, 2.05) is 11.8 Å². The van der Waals surface area contributed by atoms with Crippen molar-refractivity contribution in [1.29, 1.82) is 0 Å². The van der Waals surface area contributed by atoms with E-state index in [1.54, 1.807) is 0 Å². The van der Waals surface area contributed by atoms with Crippen LogP contribution in [-0.2, 0) is 4.79 Å². The summed E-state index contributed by atoms with van der Waals surface area (Å²) in [6, 6.07) is 0.0556. The molecule has 18 heavy (non-hydrogen) atoms. The van der Waals surface area contributed by atoms with Gasteiger partial charge in [-0.1, -0.05) is 6.42 Å². The lowest BCUT2D eigenvalue weighted by molar-refractivity contribution is -0.122. The molecular formula is C13H23ClN2OS. The van der Waals surface area contributed by atoms with Gasteiger partial charge in [-0.3, -0.25) is 10.1 Å². The fraction of sp³-hybridized carbons (Fsp3) is 0.923. The lowest BCUT2D eigenvalue weighted by Gasteiger charge is -2.21. The van der Waals surface area contributed by atoms with Crippen LogP contribution in [0.5, 0.6) is 0 Å². The summed E-state index contributed by atoms with van der Waals surface area (Å²) >= 11 is 1.81. The number of hydrogen-bond donors (Lipinski definition) is 2. The molecule has 0 aromatic carbocycles. The molecule has 3 aliphatic rings. The molecule has 1 amide bonds. The smallest absolute Gasteiger partial charge is 0.238 e. The zero-order chi connectivity index (χ0) is 11.7. The van der Waals surface area contributed by atoms with Crippen molar-refractivity contribution in [3.05, 3.63) is 0 Å². The first-order chi connectivity index (χ1) is 8.33. The van der Waals surface area contributed by atoms with E-state index in [0.717, 1.165) is 35.9 Å². The normalized spacial score (nSPS) is 37.6. The van der Waals surface area contributed by atoms with Crippen molar-refractivity contribution in [2.24, 2.45) is 17.8 Å². The average Bonchev–Trinajstić information content (AvgIpc) is 3.06. The van der Waals surface area contributed by atoms with E-state index in [2.05, 4.69) is 10.6 Å². The van der Waals surface area contributed by atoms with E-state index < -0.39 is 0 Å². The average molecular weight is 291 g/mol. The number of rotatable bonds is 4. The summed E-state index contributed by atoms with van der Waals surface area (Å²) in [6.45, 7) is 0.884. The molecule has 2 bridgehead atoms. The van der Waals surface area contributed by atoms with E-state index in [9.17, 15) is 4.79 Å². The summed E-state index contributed by atoms with van der Waals surface area (Å²) in [5.74, 6) is 4.97. The molecule has 2 saturated carbocycles. The molecule has 0 aromatic heterocycles. The Morgan fingerprint density at radius 2 is 2.22 bits per heavy atom. The molecule has 4 atom stereocenters. The van der Waals surface area contributed by atoms with Crippen LogP contribution in [0, 0.1) is 17.8 Å². The van der Waals surface area contributed by atoms with Gasteiger partial charge in [-0.15, -0.1) is 24.2 Å². The largest absolute Gasteiger partial charge is 0.355 e. The van der Waals surface area contributed by atoms with E-state index in [-0.39, 0.29) is 24.4 Å². The van der Waals surface area contributed by atoms with E-state index in [1.165, 1.54) is 32.1 Å². The minimum Gasteiger partial charge on any atom is -0.355 e. The van der Waals surface area contributed by atoms with Gasteiger partial charge in [0, 0.05) is 18.2 Å². The molecule has 1 saturated heterocycles. The summed E-state index contributed by atoms with van der Waals surface area (Å²) < 4.78 is 0. The first-order valence-electron chi connectivity index (χ1n) is 6.92. The number of thioether (sulfide) groups is 1. The van der Waals surface area contributed by atoms with E-state index >= 15 is 0 Å². The van der Waals surface area contributed by atoms with Crippen LogP contribution < -0.4 is 10.6 Å². The Labute approximate surface area is 120 Å². The van der Waals surface area contributed by atoms with Gasteiger partial charge in [0.25, 0.3) is 0 Å². The van der Waals surface area contributed by atoms with Crippen LogP contribution >= 0.6 is 24.2 Å². The van der Waals surface area contributed by atoms with Crippen LogP contribution in [0.3, 0.4) is 0 Å². The van der Waals surface area contributed by atoms with Gasteiger partial charge in [0.1, 0.15) is 0 Å². The van der Waals surface area contributed by atoms with Gasteiger partial charge < -0.3 is 5.32 Å². The van der Waals surface area contributed by atoms with Gasteiger partial charge in [-0.2, -0.15) is 0 Å². The lowest BCUT2D eigenvalue weighted by Crippen LogP contribution is -2.42. The fourth-order valence-corrected chi connectivity index (χ4v) is 4.74. The Hall–Kier alpha value is 0.0700. The van der Waals surface area contributed by atoms with E-state index in [0.29, 0.717) is 0 Å². The fourth-order valence-electron chi connectivity index (χ4n) is 3.80. The second kappa shape index (κ2) is 6.49. The molecule has 3 fully saturated rings. The van der Waals surface area contributed by atoms with Crippen LogP contribution in [0.2, 0.25) is 0 Å². The maximum atomic E-state index is 11.8. The zero-order valence-corrected chi connectivity index (χ0v) is 12.3. The third kappa shape index (κ3) is 3.14. The monoisotopic (exact) mass is 290 g/mol. The highest BCUT2D eigenvalue weighted by atomic mass is 35.5. The number of halogens is 1. The van der Waals surface area contributed by atoms with Gasteiger partial charge in [0.15, 0.2) is 0 Å². The minimum absolute atomic E-state index is 0. The molecule has 0 aromatic rings. The molecule has 4 unspecified atom stereocenters. The Kier molecular flexibility index (Phi) is 5.22. The van der Waals surface area contributed by atoms with Gasteiger partial charge in [0.05, 0.1) is 6.04 Å². The van der Waals surface area contributed by atoms with Gasteiger partial charge in [0.2, 0.25) is 5.91 Å². The van der Waals surface area contributed by atoms with Crippen molar-refractivity contribution in [3.8, 4) is 0 Å². The number of fused-ring (bicyclic) bond motifs is 2. The molecule has 2 aliphatic carbocycles. The van der Waals surface area contributed by atoms with Gasteiger partial charge in [-0.05, 0) is 43.4 Å². The third-order valence-electron chi connectivity index (χ3n) is 4.73. The Balaban J connectivity index is 0.00000120. The molecule has 0 radical (unpaired) electrons.